The first-order valence-electron chi connectivity index (χ1n) is 6.53. The van der Waals surface area contributed by atoms with Crippen molar-refractivity contribution in [2.75, 3.05) is 11.9 Å². The molecule has 0 aromatic heterocycles. The minimum absolute atomic E-state index is 0.183. The van der Waals surface area contributed by atoms with Gasteiger partial charge in [-0.25, -0.2) is 0 Å². The fourth-order valence-corrected chi connectivity index (χ4v) is 1.52. The Balaban J connectivity index is 1.84. The summed E-state index contributed by atoms with van der Waals surface area (Å²) in [7, 11) is 0. The van der Waals surface area contributed by atoms with Gasteiger partial charge in [-0.15, -0.1) is 0 Å². The standard InChI is InChI=1S/C14H18N2O3/c1-2-9-19-12-7-5-11(6-8-12)16-14(18)13(17)15-10-3-4-10/h5-8,10H,2-4,9H2,1H3,(H,15,17)(H,16,18). The van der Waals surface area contributed by atoms with E-state index in [1.807, 2.05) is 6.92 Å². The smallest absolute Gasteiger partial charge is 0.313 e. The van der Waals surface area contributed by atoms with Crippen molar-refractivity contribution in [2.24, 2.45) is 0 Å². The van der Waals surface area contributed by atoms with E-state index in [1.54, 1.807) is 24.3 Å². The third kappa shape index (κ3) is 4.28. The van der Waals surface area contributed by atoms with Gasteiger partial charge < -0.3 is 15.4 Å². The molecule has 2 rings (SSSR count). The van der Waals surface area contributed by atoms with Gasteiger partial charge in [-0.3, -0.25) is 9.59 Å². The molecule has 2 N–H and O–H groups in total. The normalized spacial score (nSPS) is 13.7. The molecule has 19 heavy (non-hydrogen) atoms. The largest absolute Gasteiger partial charge is 0.494 e. The quantitative estimate of drug-likeness (QED) is 0.793. The average Bonchev–Trinajstić information content (AvgIpc) is 3.22. The molecule has 2 amide bonds. The summed E-state index contributed by atoms with van der Waals surface area (Å²) in [5.41, 5.74) is 0.583. The lowest BCUT2D eigenvalue weighted by Crippen LogP contribution is -2.36. The third-order valence-corrected chi connectivity index (χ3v) is 2.70. The second-order valence-electron chi connectivity index (χ2n) is 4.57. The summed E-state index contributed by atoms with van der Waals surface area (Å²) >= 11 is 0. The maximum atomic E-state index is 11.6. The molecular formula is C14H18N2O3. The highest BCUT2D eigenvalue weighted by molar-refractivity contribution is 6.39. The summed E-state index contributed by atoms with van der Waals surface area (Å²) in [4.78, 5) is 23.0. The predicted octanol–water partition coefficient (Wildman–Crippen LogP) is 1.69. The molecule has 0 heterocycles. The van der Waals surface area contributed by atoms with Crippen molar-refractivity contribution in [3.8, 4) is 5.75 Å². The lowest BCUT2D eigenvalue weighted by Gasteiger charge is -2.07. The minimum Gasteiger partial charge on any atom is -0.494 e. The number of carbonyl (C=O) groups is 2. The SMILES string of the molecule is CCCOc1ccc(NC(=O)C(=O)NC2CC2)cc1. The van der Waals surface area contributed by atoms with Crippen molar-refractivity contribution < 1.29 is 14.3 Å². The number of ether oxygens (including phenoxy) is 1. The van der Waals surface area contributed by atoms with Gasteiger partial charge in [0.1, 0.15) is 5.75 Å². The average molecular weight is 262 g/mol. The van der Waals surface area contributed by atoms with Crippen molar-refractivity contribution in [3.05, 3.63) is 24.3 Å². The van der Waals surface area contributed by atoms with Gasteiger partial charge in [0.25, 0.3) is 0 Å². The molecule has 0 radical (unpaired) electrons. The summed E-state index contributed by atoms with van der Waals surface area (Å²) in [6, 6.07) is 7.15. The third-order valence-electron chi connectivity index (χ3n) is 2.70. The van der Waals surface area contributed by atoms with Gasteiger partial charge in [-0.1, -0.05) is 6.92 Å². The van der Waals surface area contributed by atoms with Crippen LogP contribution in [0.2, 0.25) is 0 Å². The molecule has 0 aliphatic heterocycles. The maximum absolute atomic E-state index is 11.6. The van der Waals surface area contributed by atoms with E-state index in [0.717, 1.165) is 25.0 Å². The number of hydrogen-bond donors (Lipinski definition) is 2. The molecule has 1 aliphatic carbocycles. The Bertz CT molecular complexity index is 452. The molecular weight excluding hydrogens is 244 g/mol. The molecule has 0 spiro atoms. The van der Waals surface area contributed by atoms with Crippen molar-refractivity contribution in [3.63, 3.8) is 0 Å². The van der Waals surface area contributed by atoms with Crippen LogP contribution in [0.5, 0.6) is 5.75 Å². The summed E-state index contributed by atoms with van der Waals surface area (Å²) in [6.45, 7) is 2.70. The van der Waals surface area contributed by atoms with Crippen LogP contribution in [-0.4, -0.2) is 24.5 Å². The van der Waals surface area contributed by atoms with Crippen LogP contribution in [-0.2, 0) is 9.59 Å². The molecule has 5 nitrogen and oxygen atoms in total. The number of hydrogen-bond acceptors (Lipinski definition) is 3. The fraction of sp³-hybridized carbons (Fsp3) is 0.429. The molecule has 0 saturated heterocycles. The van der Waals surface area contributed by atoms with Gasteiger partial charge in [0.15, 0.2) is 0 Å². The molecule has 1 saturated carbocycles. The zero-order chi connectivity index (χ0) is 13.7. The maximum Gasteiger partial charge on any atom is 0.313 e. The molecule has 1 fully saturated rings. The molecule has 0 atom stereocenters. The monoisotopic (exact) mass is 262 g/mol. The Morgan fingerprint density at radius 3 is 2.47 bits per heavy atom. The van der Waals surface area contributed by atoms with Crippen molar-refractivity contribution >= 4 is 17.5 Å². The first kappa shape index (κ1) is 13.4. The zero-order valence-electron chi connectivity index (χ0n) is 10.9. The van der Waals surface area contributed by atoms with Gasteiger partial charge in [0, 0.05) is 11.7 Å². The summed E-state index contributed by atoms with van der Waals surface area (Å²) in [5, 5.41) is 5.19. The first-order valence-corrected chi connectivity index (χ1v) is 6.53. The highest BCUT2D eigenvalue weighted by atomic mass is 16.5. The van der Waals surface area contributed by atoms with Crippen molar-refractivity contribution in [1.29, 1.82) is 0 Å². The first-order chi connectivity index (χ1) is 9.19. The summed E-state index contributed by atoms with van der Waals surface area (Å²) in [5.74, 6) is -0.454. The van der Waals surface area contributed by atoms with Crippen molar-refractivity contribution in [1.82, 2.24) is 5.32 Å². The Morgan fingerprint density at radius 2 is 1.89 bits per heavy atom. The molecule has 1 aromatic rings. The topological polar surface area (TPSA) is 67.4 Å². The summed E-state index contributed by atoms with van der Waals surface area (Å²) < 4.78 is 5.43. The molecule has 1 aliphatic rings. The Morgan fingerprint density at radius 1 is 1.21 bits per heavy atom. The zero-order valence-corrected chi connectivity index (χ0v) is 10.9. The van der Waals surface area contributed by atoms with Crippen LogP contribution in [0.15, 0.2) is 24.3 Å². The Labute approximate surface area is 112 Å². The van der Waals surface area contributed by atoms with E-state index in [-0.39, 0.29) is 6.04 Å². The number of benzene rings is 1. The molecule has 0 bridgehead atoms. The second kappa shape index (κ2) is 6.22. The van der Waals surface area contributed by atoms with E-state index in [9.17, 15) is 9.59 Å². The van der Waals surface area contributed by atoms with Gasteiger partial charge >= 0.3 is 11.8 Å². The molecule has 5 heteroatoms. The summed E-state index contributed by atoms with van der Waals surface area (Å²) in [6.07, 6.45) is 2.87. The Hall–Kier alpha value is -2.04. The van der Waals surface area contributed by atoms with Crippen LogP contribution >= 0.6 is 0 Å². The number of carbonyl (C=O) groups excluding carboxylic acids is 2. The molecule has 1 aromatic carbocycles. The van der Waals surface area contributed by atoms with E-state index < -0.39 is 11.8 Å². The van der Waals surface area contributed by atoms with E-state index in [0.29, 0.717) is 12.3 Å². The van der Waals surface area contributed by atoms with E-state index in [4.69, 9.17) is 4.74 Å². The lowest BCUT2D eigenvalue weighted by atomic mass is 10.3. The Kier molecular flexibility index (Phi) is 4.39. The van der Waals surface area contributed by atoms with Gasteiger partial charge in [0.2, 0.25) is 0 Å². The van der Waals surface area contributed by atoms with Crippen molar-refractivity contribution in [2.45, 2.75) is 32.2 Å². The van der Waals surface area contributed by atoms with Crippen LogP contribution in [0.1, 0.15) is 26.2 Å². The van der Waals surface area contributed by atoms with Gasteiger partial charge in [0.05, 0.1) is 6.61 Å². The van der Waals surface area contributed by atoms with E-state index in [1.165, 1.54) is 0 Å². The van der Waals surface area contributed by atoms with Crippen LogP contribution in [0, 0.1) is 0 Å². The fourth-order valence-electron chi connectivity index (χ4n) is 1.52. The van der Waals surface area contributed by atoms with Crippen LogP contribution in [0.25, 0.3) is 0 Å². The van der Waals surface area contributed by atoms with Gasteiger partial charge in [-0.05, 0) is 43.5 Å². The van der Waals surface area contributed by atoms with Crippen LogP contribution < -0.4 is 15.4 Å². The number of anilines is 1. The minimum atomic E-state index is -0.630. The lowest BCUT2D eigenvalue weighted by molar-refractivity contribution is -0.136. The molecule has 102 valence electrons. The van der Waals surface area contributed by atoms with Crippen LogP contribution in [0.3, 0.4) is 0 Å². The van der Waals surface area contributed by atoms with E-state index in [2.05, 4.69) is 10.6 Å². The second-order valence-corrected chi connectivity index (χ2v) is 4.57. The van der Waals surface area contributed by atoms with E-state index >= 15 is 0 Å². The predicted molar refractivity (Wildman–Crippen MR) is 72.0 cm³/mol. The highest BCUT2D eigenvalue weighted by Crippen LogP contribution is 2.19. The number of rotatable bonds is 5. The number of amides is 2. The van der Waals surface area contributed by atoms with Crippen LogP contribution in [0.4, 0.5) is 5.69 Å². The molecule has 0 unspecified atom stereocenters. The van der Waals surface area contributed by atoms with Gasteiger partial charge in [-0.2, -0.15) is 0 Å². The number of nitrogens with one attached hydrogen (secondary N) is 2. The highest BCUT2D eigenvalue weighted by Gasteiger charge is 2.26.